The Morgan fingerprint density at radius 1 is 1.09 bits per heavy atom. The molecule has 3 aromatic rings. The summed E-state index contributed by atoms with van der Waals surface area (Å²) in [6.45, 7) is -0.450. The van der Waals surface area contributed by atoms with Crippen LogP contribution in [0.1, 0.15) is 21.5 Å². The van der Waals surface area contributed by atoms with Crippen molar-refractivity contribution < 1.29 is 35.2 Å². The Kier molecular flexibility index (Phi) is 6.72. The van der Waals surface area contributed by atoms with Crippen molar-refractivity contribution in [3.8, 4) is 0 Å². The van der Waals surface area contributed by atoms with Crippen molar-refractivity contribution in [2.45, 2.75) is 17.6 Å². The van der Waals surface area contributed by atoms with Gasteiger partial charge in [0, 0.05) is 6.54 Å². The van der Waals surface area contributed by atoms with E-state index in [2.05, 4.69) is 15.0 Å². The number of aromatic nitrogens is 1. The van der Waals surface area contributed by atoms with Crippen molar-refractivity contribution in [3.05, 3.63) is 75.3 Å². The Hall–Kier alpha value is -2.77. The van der Waals surface area contributed by atoms with E-state index in [-0.39, 0.29) is 15.0 Å². The maximum absolute atomic E-state index is 14.4. The molecule has 0 unspecified atom stereocenters. The van der Waals surface area contributed by atoms with Crippen LogP contribution in [0.4, 0.5) is 27.1 Å². The van der Waals surface area contributed by atoms with E-state index in [1.54, 1.807) is 0 Å². The van der Waals surface area contributed by atoms with Gasteiger partial charge in [-0.15, -0.1) is 0 Å². The highest BCUT2D eigenvalue weighted by Crippen LogP contribution is 2.32. The summed E-state index contributed by atoms with van der Waals surface area (Å²) in [5.41, 5.74) is -2.11. The van der Waals surface area contributed by atoms with Gasteiger partial charge in [0.05, 0.1) is 22.2 Å². The second-order valence-corrected chi connectivity index (χ2v) is 9.56. The van der Waals surface area contributed by atoms with Gasteiger partial charge in [0.1, 0.15) is 16.0 Å². The first-order valence-corrected chi connectivity index (χ1v) is 11.1. The maximum atomic E-state index is 14.4. The summed E-state index contributed by atoms with van der Waals surface area (Å²) in [6.07, 6.45) is -3.70. The molecule has 0 saturated carbocycles. The van der Waals surface area contributed by atoms with E-state index < -0.39 is 56.3 Å². The van der Waals surface area contributed by atoms with Crippen LogP contribution in [0.5, 0.6) is 0 Å². The van der Waals surface area contributed by atoms with Gasteiger partial charge in [-0.2, -0.15) is 13.2 Å². The molecule has 0 radical (unpaired) electrons. The second-order valence-electron chi connectivity index (χ2n) is 6.21. The number of thiazole rings is 1. The number of hydrogen-bond donors (Lipinski definition) is 2. The van der Waals surface area contributed by atoms with Crippen molar-refractivity contribution in [1.29, 1.82) is 0 Å². The van der Waals surface area contributed by atoms with Gasteiger partial charge >= 0.3 is 6.18 Å². The number of hydrogen-bond acceptors (Lipinski definition) is 5. The molecule has 0 aliphatic rings. The minimum atomic E-state index is -4.92. The lowest BCUT2D eigenvalue weighted by atomic mass is 10.1. The average Bonchev–Trinajstić information content (AvgIpc) is 3.10. The molecule has 0 aliphatic heterocycles. The van der Waals surface area contributed by atoms with E-state index in [4.69, 9.17) is 11.6 Å². The van der Waals surface area contributed by atoms with E-state index in [9.17, 15) is 35.2 Å². The number of alkyl halides is 3. The SMILES string of the molecule is O=C(NCc1ccc(F)c(C(F)(F)F)c1)c1ccc(S(=O)(=O)Nc2ncc(Cl)s2)cc1F. The summed E-state index contributed by atoms with van der Waals surface area (Å²) < 4.78 is 93.0. The van der Waals surface area contributed by atoms with Gasteiger partial charge in [-0.05, 0) is 35.9 Å². The van der Waals surface area contributed by atoms with Crippen LogP contribution in [0, 0.1) is 11.6 Å². The first kappa shape index (κ1) is 23.9. The quantitative estimate of drug-likeness (QED) is 0.464. The molecule has 0 bridgehead atoms. The molecular formula is C18H11ClF5N3O3S2. The van der Waals surface area contributed by atoms with Gasteiger partial charge in [-0.3, -0.25) is 9.52 Å². The van der Waals surface area contributed by atoms with Crippen molar-refractivity contribution in [1.82, 2.24) is 10.3 Å². The molecule has 0 atom stereocenters. The van der Waals surface area contributed by atoms with E-state index >= 15 is 0 Å². The predicted octanol–water partition coefficient (Wildman–Crippen LogP) is 4.82. The highest BCUT2D eigenvalue weighted by Gasteiger charge is 2.34. The van der Waals surface area contributed by atoms with Crippen LogP contribution in [0.15, 0.2) is 47.5 Å². The Balaban J connectivity index is 1.73. The van der Waals surface area contributed by atoms with E-state index in [0.29, 0.717) is 18.2 Å². The lowest BCUT2D eigenvalue weighted by Crippen LogP contribution is -2.24. The predicted molar refractivity (Wildman–Crippen MR) is 107 cm³/mol. The molecule has 14 heteroatoms. The number of benzene rings is 2. The third kappa shape index (κ3) is 5.53. The van der Waals surface area contributed by atoms with E-state index in [0.717, 1.165) is 29.5 Å². The molecule has 0 saturated heterocycles. The zero-order valence-electron chi connectivity index (χ0n) is 15.5. The van der Waals surface area contributed by atoms with Gasteiger partial charge in [0.25, 0.3) is 15.9 Å². The monoisotopic (exact) mass is 511 g/mol. The molecule has 0 spiro atoms. The molecular weight excluding hydrogens is 501 g/mol. The van der Waals surface area contributed by atoms with Gasteiger partial charge in [0.2, 0.25) is 0 Å². The van der Waals surface area contributed by atoms with Crippen LogP contribution in [-0.2, 0) is 22.7 Å². The van der Waals surface area contributed by atoms with Crippen LogP contribution in [-0.4, -0.2) is 19.3 Å². The number of halogens is 6. The highest BCUT2D eigenvalue weighted by molar-refractivity contribution is 7.93. The minimum absolute atomic E-state index is 0.0465. The Bertz CT molecular complexity index is 1280. The molecule has 0 aliphatic carbocycles. The van der Waals surface area contributed by atoms with Crippen LogP contribution < -0.4 is 10.0 Å². The van der Waals surface area contributed by atoms with Gasteiger partial charge in [-0.25, -0.2) is 22.2 Å². The highest BCUT2D eigenvalue weighted by atomic mass is 35.5. The molecule has 2 N–H and O–H groups in total. The summed E-state index contributed by atoms with van der Waals surface area (Å²) >= 11 is 6.51. The number of nitrogens with one attached hydrogen (secondary N) is 2. The van der Waals surface area contributed by atoms with Crippen LogP contribution >= 0.6 is 22.9 Å². The molecule has 0 fully saturated rings. The lowest BCUT2D eigenvalue weighted by Gasteiger charge is -2.11. The van der Waals surface area contributed by atoms with Crippen molar-refractivity contribution in [2.75, 3.05) is 4.72 Å². The fourth-order valence-electron chi connectivity index (χ4n) is 2.50. The Morgan fingerprint density at radius 2 is 1.81 bits per heavy atom. The summed E-state index contributed by atoms with van der Waals surface area (Å²) in [7, 11) is -4.22. The number of carbonyl (C=O) groups is 1. The van der Waals surface area contributed by atoms with E-state index in [1.807, 2.05) is 0 Å². The first-order valence-electron chi connectivity index (χ1n) is 8.44. The number of sulfonamides is 1. The van der Waals surface area contributed by atoms with Gasteiger partial charge in [0.15, 0.2) is 5.13 Å². The van der Waals surface area contributed by atoms with Crippen LogP contribution in [0.25, 0.3) is 0 Å². The number of anilines is 1. The number of rotatable bonds is 6. The molecule has 32 heavy (non-hydrogen) atoms. The molecule has 6 nitrogen and oxygen atoms in total. The smallest absolute Gasteiger partial charge is 0.348 e. The normalized spacial score (nSPS) is 11.9. The zero-order valence-corrected chi connectivity index (χ0v) is 17.9. The summed E-state index contributed by atoms with van der Waals surface area (Å²) in [6, 6.07) is 4.64. The Morgan fingerprint density at radius 3 is 2.41 bits per heavy atom. The van der Waals surface area contributed by atoms with Crippen LogP contribution in [0.2, 0.25) is 4.34 Å². The van der Waals surface area contributed by atoms with Crippen molar-refractivity contribution in [3.63, 3.8) is 0 Å². The van der Waals surface area contributed by atoms with Crippen molar-refractivity contribution in [2.24, 2.45) is 0 Å². The van der Waals surface area contributed by atoms with Crippen molar-refractivity contribution >= 4 is 44.0 Å². The van der Waals surface area contributed by atoms with Crippen LogP contribution in [0.3, 0.4) is 0 Å². The molecule has 1 amide bonds. The fourth-order valence-corrected chi connectivity index (χ4v) is 4.57. The average molecular weight is 512 g/mol. The molecule has 3 rings (SSSR count). The third-order valence-corrected chi connectivity index (χ3v) is 6.48. The standard InChI is InChI=1S/C18H11ClF5N3O3S2/c19-15-8-26-17(31-15)27-32(29,30)10-2-3-11(14(21)6-10)16(28)25-7-9-1-4-13(20)12(5-9)18(22,23)24/h1-6,8H,7H2,(H,25,28)(H,26,27). The zero-order chi connectivity index (χ0) is 23.7. The lowest BCUT2D eigenvalue weighted by molar-refractivity contribution is -0.140. The molecule has 2 aromatic carbocycles. The van der Waals surface area contributed by atoms with Gasteiger partial charge in [-0.1, -0.05) is 29.0 Å². The summed E-state index contributed by atoms with van der Waals surface area (Å²) in [5.74, 6) is -3.66. The topological polar surface area (TPSA) is 88.2 Å². The number of nitrogens with zero attached hydrogens (tertiary/aromatic N) is 1. The third-order valence-electron chi connectivity index (χ3n) is 3.98. The van der Waals surface area contributed by atoms with Gasteiger partial charge < -0.3 is 5.32 Å². The minimum Gasteiger partial charge on any atom is -0.348 e. The summed E-state index contributed by atoms with van der Waals surface area (Å²) in [5, 5.41) is 2.15. The largest absolute Gasteiger partial charge is 0.419 e. The van der Waals surface area contributed by atoms with E-state index in [1.165, 1.54) is 6.20 Å². The first-order chi connectivity index (χ1) is 14.9. The Labute approximate surface area is 187 Å². The number of amides is 1. The second kappa shape index (κ2) is 9.00. The fraction of sp³-hybridized carbons (Fsp3) is 0.111. The molecule has 1 heterocycles. The molecule has 170 valence electrons. The number of carbonyl (C=O) groups excluding carboxylic acids is 1. The summed E-state index contributed by atoms with van der Waals surface area (Å²) in [4.78, 5) is 15.4. The maximum Gasteiger partial charge on any atom is 0.419 e. The molecule has 1 aromatic heterocycles.